The predicted octanol–water partition coefficient (Wildman–Crippen LogP) is -0.325. The average Bonchev–Trinajstić information content (AvgIpc) is 2.75. The van der Waals surface area contributed by atoms with E-state index >= 15 is 0 Å². The first-order valence-corrected chi connectivity index (χ1v) is 6.29. The number of hydrogen-bond acceptors (Lipinski definition) is 6. The van der Waals surface area contributed by atoms with Crippen LogP contribution >= 0.6 is 0 Å². The molecule has 1 heterocycles. The lowest BCUT2D eigenvalue weighted by molar-refractivity contribution is -0.152. The van der Waals surface area contributed by atoms with Crippen LogP contribution in [0.15, 0.2) is 6.07 Å². The zero-order chi connectivity index (χ0) is 16.0. The number of aryl methyl sites for hydroxylation is 2. The number of methoxy groups -OCH3 is 2. The van der Waals surface area contributed by atoms with Gasteiger partial charge in [0.2, 0.25) is 5.91 Å². The third kappa shape index (κ3) is 4.90. The molecular formula is C13H19N3O5. The van der Waals surface area contributed by atoms with E-state index in [-0.39, 0.29) is 19.6 Å². The van der Waals surface area contributed by atoms with Crippen molar-refractivity contribution >= 4 is 17.8 Å². The van der Waals surface area contributed by atoms with Gasteiger partial charge in [-0.05, 0) is 19.9 Å². The topological polar surface area (TPSA) is 90.7 Å². The molecule has 21 heavy (non-hydrogen) atoms. The maximum Gasteiger partial charge on any atom is 0.325 e. The Hall–Kier alpha value is -2.38. The smallest absolute Gasteiger partial charge is 0.325 e. The van der Waals surface area contributed by atoms with Crippen LogP contribution in [0.4, 0.5) is 0 Å². The lowest BCUT2D eigenvalue weighted by Crippen LogP contribution is -2.42. The van der Waals surface area contributed by atoms with E-state index in [2.05, 4.69) is 14.6 Å². The molecule has 0 saturated heterocycles. The molecule has 0 fully saturated rings. The standard InChI is InChI=1S/C13H19N3O5/c1-9-5-10(2)16(14-9)6-11(17)15(7-12(18)20-3)8-13(19)21-4/h5H,6-8H2,1-4H3. The largest absolute Gasteiger partial charge is 0.468 e. The lowest BCUT2D eigenvalue weighted by Gasteiger charge is -2.20. The van der Waals surface area contributed by atoms with Crippen LogP contribution in [0.25, 0.3) is 0 Å². The van der Waals surface area contributed by atoms with Gasteiger partial charge >= 0.3 is 11.9 Å². The minimum atomic E-state index is -0.611. The van der Waals surface area contributed by atoms with Gasteiger partial charge in [-0.3, -0.25) is 19.1 Å². The molecule has 0 aliphatic carbocycles. The summed E-state index contributed by atoms with van der Waals surface area (Å²) in [4.78, 5) is 36.0. The minimum absolute atomic E-state index is 0.0618. The third-order valence-corrected chi connectivity index (χ3v) is 2.84. The zero-order valence-electron chi connectivity index (χ0n) is 12.6. The minimum Gasteiger partial charge on any atom is -0.468 e. The molecule has 8 heteroatoms. The first-order chi connectivity index (χ1) is 9.87. The van der Waals surface area contributed by atoms with Gasteiger partial charge in [-0.2, -0.15) is 5.10 Å². The second-order valence-corrected chi connectivity index (χ2v) is 4.49. The maximum absolute atomic E-state index is 12.2. The van der Waals surface area contributed by atoms with Crippen LogP contribution < -0.4 is 0 Å². The highest BCUT2D eigenvalue weighted by Gasteiger charge is 2.22. The molecule has 8 nitrogen and oxygen atoms in total. The van der Waals surface area contributed by atoms with E-state index in [1.54, 1.807) is 0 Å². The summed E-state index contributed by atoms with van der Waals surface area (Å²) in [5.74, 6) is -1.64. The van der Waals surface area contributed by atoms with Crippen LogP contribution in [0.3, 0.4) is 0 Å². The Bertz CT molecular complexity index is 520. The normalized spacial score (nSPS) is 10.1. The summed E-state index contributed by atoms with van der Waals surface area (Å²) in [6, 6.07) is 1.83. The van der Waals surface area contributed by atoms with Crippen molar-refractivity contribution in [3.05, 3.63) is 17.5 Å². The number of aromatic nitrogens is 2. The van der Waals surface area contributed by atoms with Crippen molar-refractivity contribution in [2.45, 2.75) is 20.4 Å². The Morgan fingerprint density at radius 2 is 1.67 bits per heavy atom. The number of esters is 2. The molecule has 0 aliphatic heterocycles. The van der Waals surface area contributed by atoms with Crippen molar-refractivity contribution in [2.24, 2.45) is 0 Å². The van der Waals surface area contributed by atoms with Crippen LogP contribution in [-0.4, -0.2) is 59.8 Å². The van der Waals surface area contributed by atoms with Crippen LogP contribution in [-0.2, 0) is 30.4 Å². The molecule has 0 saturated carbocycles. The Kier molecular flexibility index (Phi) is 5.89. The fourth-order valence-electron chi connectivity index (χ4n) is 1.74. The van der Waals surface area contributed by atoms with Crippen molar-refractivity contribution < 1.29 is 23.9 Å². The van der Waals surface area contributed by atoms with Gasteiger partial charge in [-0.1, -0.05) is 0 Å². The molecule has 0 unspecified atom stereocenters. The molecule has 0 aliphatic rings. The van der Waals surface area contributed by atoms with E-state index in [1.807, 2.05) is 19.9 Å². The number of carbonyl (C=O) groups excluding carboxylic acids is 3. The van der Waals surface area contributed by atoms with Gasteiger partial charge in [-0.15, -0.1) is 0 Å². The lowest BCUT2D eigenvalue weighted by atomic mass is 10.4. The molecule has 1 rings (SSSR count). The molecule has 0 spiro atoms. The summed E-state index contributed by atoms with van der Waals surface area (Å²) in [5, 5.41) is 4.17. The van der Waals surface area contributed by atoms with Gasteiger partial charge in [0.25, 0.3) is 0 Å². The van der Waals surface area contributed by atoms with Crippen LogP contribution in [0, 0.1) is 13.8 Å². The molecule has 116 valence electrons. The maximum atomic E-state index is 12.2. The molecule has 0 radical (unpaired) electrons. The number of nitrogens with zero attached hydrogens (tertiary/aromatic N) is 3. The predicted molar refractivity (Wildman–Crippen MR) is 72.3 cm³/mol. The zero-order valence-corrected chi connectivity index (χ0v) is 12.6. The van der Waals surface area contributed by atoms with Crippen molar-refractivity contribution in [1.29, 1.82) is 0 Å². The van der Waals surface area contributed by atoms with Gasteiger partial charge in [0.1, 0.15) is 19.6 Å². The average molecular weight is 297 g/mol. The van der Waals surface area contributed by atoms with E-state index in [9.17, 15) is 14.4 Å². The van der Waals surface area contributed by atoms with E-state index in [0.29, 0.717) is 0 Å². The second kappa shape index (κ2) is 7.41. The number of hydrogen-bond donors (Lipinski definition) is 0. The van der Waals surface area contributed by atoms with Gasteiger partial charge in [0, 0.05) is 5.69 Å². The van der Waals surface area contributed by atoms with Gasteiger partial charge in [-0.25, -0.2) is 0 Å². The fourth-order valence-corrected chi connectivity index (χ4v) is 1.74. The van der Waals surface area contributed by atoms with Gasteiger partial charge in [0.05, 0.1) is 19.9 Å². The molecule has 0 aromatic carbocycles. The molecule has 1 aromatic heterocycles. The Balaban J connectivity index is 2.80. The van der Waals surface area contributed by atoms with E-state index < -0.39 is 17.8 Å². The van der Waals surface area contributed by atoms with Crippen molar-refractivity contribution in [2.75, 3.05) is 27.3 Å². The summed E-state index contributed by atoms with van der Waals surface area (Å²) in [5.41, 5.74) is 1.60. The Morgan fingerprint density at radius 1 is 1.14 bits per heavy atom. The number of amides is 1. The fraction of sp³-hybridized carbons (Fsp3) is 0.538. The van der Waals surface area contributed by atoms with Crippen molar-refractivity contribution in [3.8, 4) is 0 Å². The summed E-state index contributed by atoms with van der Waals surface area (Å²) in [7, 11) is 2.42. The Labute approximate surface area is 122 Å². The molecular weight excluding hydrogens is 278 g/mol. The monoisotopic (exact) mass is 297 g/mol. The first kappa shape index (κ1) is 16.7. The summed E-state index contributed by atoms with van der Waals surface area (Å²) in [6.45, 7) is 2.94. The summed E-state index contributed by atoms with van der Waals surface area (Å²) < 4.78 is 10.5. The van der Waals surface area contributed by atoms with E-state index in [1.165, 1.54) is 18.9 Å². The summed E-state index contributed by atoms with van der Waals surface area (Å²) in [6.07, 6.45) is 0. The SMILES string of the molecule is COC(=O)CN(CC(=O)OC)C(=O)Cn1nc(C)cc1C. The highest BCUT2D eigenvalue weighted by Crippen LogP contribution is 2.03. The third-order valence-electron chi connectivity index (χ3n) is 2.84. The van der Waals surface area contributed by atoms with Crippen LogP contribution in [0.5, 0.6) is 0 Å². The molecule has 0 N–H and O–H groups in total. The second-order valence-electron chi connectivity index (χ2n) is 4.49. The quantitative estimate of drug-likeness (QED) is 0.668. The van der Waals surface area contributed by atoms with E-state index in [4.69, 9.17) is 0 Å². The van der Waals surface area contributed by atoms with Crippen molar-refractivity contribution in [1.82, 2.24) is 14.7 Å². The van der Waals surface area contributed by atoms with Gasteiger partial charge in [0.15, 0.2) is 0 Å². The number of rotatable bonds is 6. The summed E-state index contributed by atoms with van der Waals surface area (Å²) >= 11 is 0. The number of ether oxygens (including phenoxy) is 2. The van der Waals surface area contributed by atoms with E-state index in [0.717, 1.165) is 16.3 Å². The van der Waals surface area contributed by atoms with Gasteiger partial charge < -0.3 is 14.4 Å². The highest BCUT2D eigenvalue weighted by molar-refractivity contribution is 5.85. The molecule has 0 bridgehead atoms. The molecule has 1 amide bonds. The number of carbonyl (C=O) groups is 3. The van der Waals surface area contributed by atoms with Crippen LogP contribution in [0.2, 0.25) is 0 Å². The Morgan fingerprint density at radius 3 is 2.05 bits per heavy atom. The van der Waals surface area contributed by atoms with Crippen molar-refractivity contribution in [3.63, 3.8) is 0 Å². The van der Waals surface area contributed by atoms with Crippen LogP contribution in [0.1, 0.15) is 11.4 Å². The highest BCUT2D eigenvalue weighted by atomic mass is 16.5. The molecule has 0 atom stereocenters. The molecule has 1 aromatic rings. The first-order valence-electron chi connectivity index (χ1n) is 6.29.